The maximum Gasteiger partial charge on any atom is 0.251 e. The zero-order chi connectivity index (χ0) is 15.7. The molecule has 0 aromatic carbocycles. The highest BCUT2D eigenvalue weighted by Crippen LogP contribution is 2.25. The summed E-state index contributed by atoms with van der Waals surface area (Å²) in [5, 5.41) is 0. The minimum atomic E-state index is 0.0112. The van der Waals surface area contributed by atoms with Crippen molar-refractivity contribution in [3.8, 4) is 11.3 Å². The summed E-state index contributed by atoms with van der Waals surface area (Å²) in [4.78, 5) is 17.5. The molecule has 2 aromatic rings. The molecule has 0 spiro atoms. The summed E-state index contributed by atoms with van der Waals surface area (Å²) >= 11 is 0. The minimum Gasteiger partial charge on any atom is -0.353 e. The summed E-state index contributed by atoms with van der Waals surface area (Å²) in [6.45, 7) is 7.38. The number of likely N-dealkylation sites (tertiary alicyclic amines) is 1. The summed E-state index contributed by atoms with van der Waals surface area (Å²) in [5.41, 5.74) is 5.40. The van der Waals surface area contributed by atoms with Crippen LogP contribution in [0.2, 0.25) is 0 Å². The molecule has 2 aromatic heterocycles. The van der Waals surface area contributed by atoms with Crippen molar-refractivity contribution >= 4 is 0 Å². The largest absolute Gasteiger partial charge is 0.353 e. The second-order valence-corrected chi connectivity index (χ2v) is 6.35. The number of hydrogen-bond donors (Lipinski definition) is 1. The van der Waals surface area contributed by atoms with E-state index >= 15 is 0 Å². The normalized spacial score (nSPS) is 15.6. The number of aryl methyl sites for hydroxylation is 3. The molecule has 22 heavy (non-hydrogen) atoms. The lowest BCUT2D eigenvalue weighted by Crippen LogP contribution is -2.19. The van der Waals surface area contributed by atoms with E-state index in [-0.39, 0.29) is 5.56 Å². The number of nitrogens with one attached hydrogen (secondary N) is 1. The molecule has 0 unspecified atom stereocenters. The highest BCUT2D eigenvalue weighted by Gasteiger charge is 2.15. The predicted octanol–water partition coefficient (Wildman–Crippen LogP) is 2.85. The van der Waals surface area contributed by atoms with E-state index in [9.17, 15) is 4.79 Å². The molecule has 1 N–H and O–H groups in total. The maximum atomic E-state index is 12.0. The van der Waals surface area contributed by atoms with Gasteiger partial charge in [-0.3, -0.25) is 9.69 Å². The Balaban J connectivity index is 1.95. The van der Waals surface area contributed by atoms with E-state index in [0.717, 1.165) is 29.8 Å². The first-order valence-electron chi connectivity index (χ1n) is 8.19. The van der Waals surface area contributed by atoms with Gasteiger partial charge in [0.15, 0.2) is 0 Å². The van der Waals surface area contributed by atoms with E-state index in [4.69, 9.17) is 0 Å². The molecule has 1 saturated heterocycles. The zero-order valence-corrected chi connectivity index (χ0v) is 13.8. The third kappa shape index (κ3) is 2.88. The average Bonchev–Trinajstić information content (AvgIpc) is 3.12. The highest BCUT2D eigenvalue weighted by atomic mass is 16.1. The Morgan fingerprint density at radius 3 is 2.64 bits per heavy atom. The Labute approximate surface area is 131 Å². The van der Waals surface area contributed by atoms with Crippen LogP contribution in [0.5, 0.6) is 0 Å². The van der Waals surface area contributed by atoms with Crippen molar-refractivity contribution in [2.24, 2.45) is 7.05 Å². The average molecular weight is 299 g/mol. The Morgan fingerprint density at radius 2 is 1.95 bits per heavy atom. The molecule has 3 rings (SSSR count). The molecule has 0 saturated carbocycles. The van der Waals surface area contributed by atoms with Gasteiger partial charge in [0.05, 0.1) is 5.69 Å². The van der Waals surface area contributed by atoms with Crippen LogP contribution in [-0.2, 0) is 20.0 Å². The van der Waals surface area contributed by atoms with Crippen LogP contribution in [0.4, 0.5) is 0 Å². The number of pyridine rings is 1. The lowest BCUT2D eigenvalue weighted by molar-refractivity contribution is 0.323. The van der Waals surface area contributed by atoms with Gasteiger partial charge in [-0.05, 0) is 57.0 Å². The first-order chi connectivity index (χ1) is 10.6. The van der Waals surface area contributed by atoms with Crippen molar-refractivity contribution in [1.29, 1.82) is 0 Å². The fourth-order valence-corrected chi connectivity index (χ4v) is 3.30. The molecular formula is C18H25N3O. The van der Waals surface area contributed by atoms with E-state index < -0.39 is 0 Å². The SMILES string of the molecule is CCc1cc(C)c(=O)[nH]c1-c1cc(CN2CCCC2)n(C)c1. The van der Waals surface area contributed by atoms with Crippen molar-refractivity contribution in [3.05, 3.63) is 45.5 Å². The monoisotopic (exact) mass is 299 g/mol. The van der Waals surface area contributed by atoms with Gasteiger partial charge in [-0.2, -0.15) is 0 Å². The zero-order valence-electron chi connectivity index (χ0n) is 13.8. The van der Waals surface area contributed by atoms with E-state index in [2.05, 4.69) is 40.7 Å². The molecule has 4 nitrogen and oxygen atoms in total. The smallest absolute Gasteiger partial charge is 0.251 e. The van der Waals surface area contributed by atoms with E-state index in [1.807, 2.05) is 13.0 Å². The number of H-pyrrole nitrogens is 1. The van der Waals surface area contributed by atoms with Crippen LogP contribution in [0, 0.1) is 6.92 Å². The molecule has 1 aliphatic rings. The number of aromatic nitrogens is 2. The molecule has 118 valence electrons. The summed E-state index contributed by atoms with van der Waals surface area (Å²) in [5.74, 6) is 0. The fraction of sp³-hybridized carbons (Fsp3) is 0.500. The van der Waals surface area contributed by atoms with Crippen LogP contribution in [0.1, 0.15) is 36.6 Å². The van der Waals surface area contributed by atoms with Gasteiger partial charge in [0, 0.05) is 36.6 Å². The second-order valence-electron chi connectivity index (χ2n) is 6.35. The first-order valence-corrected chi connectivity index (χ1v) is 8.19. The highest BCUT2D eigenvalue weighted by molar-refractivity contribution is 5.63. The van der Waals surface area contributed by atoms with Gasteiger partial charge in [0.1, 0.15) is 0 Å². The summed E-state index contributed by atoms with van der Waals surface area (Å²) in [7, 11) is 2.09. The summed E-state index contributed by atoms with van der Waals surface area (Å²) < 4.78 is 2.19. The Morgan fingerprint density at radius 1 is 1.23 bits per heavy atom. The summed E-state index contributed by atoms with van der Waals surface area (Å²) in [6.07, 6.45) is 5.67. The lowest BCUT2D eigenvalue weighted by atomic mass is 10.0. The molecular weight excluding hydrogens is 274 g/mol. The van der Waals surface area contributed by atoms with Gasteiger partial charge in [0.25, 0.3) is 5.56 Å². The summed E-state index contributed by atoms with van der Waals surface area (Å²) in [6, 6.07) is 4.24. The maximum absolute atomic E-state index is 12.0. The van der Waals surface area contributed by atoms with E-state index in [1.54, 1.807) is 0 Å². The Bertz CT molecular complexity index is 720. The van der Waals surface area contributed by atoms with Crippen LogP contribution in [0.25, 0.3) is 11.3 Å². The molecule has 0 radical (unpaired) electrons. The minimum absolute atomic E-state index is 0.0112. The Kier molecular flexibility index (Phi) is 4.21. The molecule has 1 aliphatic heterocycles. The van der Waals surface area contributed by atoms with Crippen molar-refractivity contribution in [2.45, 2.75) is 39.7 Å². The van der Waals surface area contributed by atoms with Crippen LogP contribution in [0.3, 0.4) is 0 Å². The van der Waals surface area contributed by atoms with Crippen LogP contribution >= 0.6 is 0 Å². The van der Waals surface area contributed by atoms with Crippen LogP contribution in [0.15, 0.2) is 23.1 Å². The van der Waals surface area contributed by atoms with Gasteiger partial charge in [-0.15, -0.1) is 0 Å². The molecule has 0 atom stereocenters. The van der Waals surface area contributed by atoms with Crippen molar-refractivity contribution in [3.63, 3.8) is 0 Å². The second kappa shape index (κ2) is 6.13. The molecule has 1 fully saturated rings. The number of rotatable bonds is 4. The third-order valence-electron chi connectivity index (χ3n) is 4.67. The van der Waals surface area contributed by atoms with Crippen LogP contribution in [-0.4, -0.2) is 27.5 Å². The fourth-order valence-electron chi connectivity index (χ4n) is 3.30. The number of nitrogens with zero attached hydrogens (tertiary/aromatic N) is 2. The van der Waals surface area contributed by atoms with Gasteiger partial charge < -0.3 is 9.55 Å². The lowest BCUT2D eigenvalue weighted by Gasteiger charge is -2.14. The van der Waals surface area contributed by atoms with E-state index in [1.165, 1.54) is 37.2 Å². The van der Waals surface area contributed by atoms with Crippen LogP contribution < -0.4 is 5.56 Å². The van der Waals surface area contributed by atoms with Gasteiger partial charge >= 0.3 is 0 Å². The van der Waals surface area contributed by atoms with Crippen molar-refractivity contribution in [1.82, 2.24) is 14.5 Å². The standard InChI is InChI=1S/C18H25N3O/c1-4-14-9-13(2)18(22)19-17(14)15-10-16(20(3)11-15)12-21-7-5-6-8-21/h9-11H,4-8,12H2,1-3H3,(H,19,22). The Hall–Kier alpha value is -1.81. The predicted molar refractivity (Wildman–Crippen MR) is 90.1 cm³/mol. The third-order valence-corrected chi connectivity index (χ3v) is 4.67. The van der Waals surface area contributed by atoms with E-state index in [0.29, 0.717) is 0 Å². The quantitative estimate of drug-likeness (QED) is 0.943. The van der Waals surface area contributed by atoms with Crippen molar-refractivity contribution in [2.75, 3.05) is 13.1 Å². The topological polar surface area (TPSA) is 41.0 Å². The molecule has 0 aliphatic carbocycles. The van der Waals surface area contributed by atoms with Gasteiger partial charge in [0.2, 0.25) is 0 Å². The first kappa shape index (κ1) is 15.1. The molecule has 4 heteroatoms. The molecule has 0 amide bonds. The number of aromatic amines is 1. The molecule has 0 bridgehead atoms. The van der Waals surface area contributed by atoms with Gasteiger partial charge in [-0.25, -0.2) is 0 Å². The number of hydrogen-bond acceptors (Lipinski definition) is 2. The van der Waals surface area contributed by atoms with Gasteiger partial charge in [-0.1, -0.05) is 6.92 Å². The molecule has 3 heterocycles. The van der Waals surface area contributed by atoms with Crippen molar-refractivity contribution < 1.29 is 0 Å².